The molecule has 1 aromatic heterocycles. The molecule has 1 amide bonds. The summed E-state index contributed by atoms with van der Waals surface area (Å²) in [5.74, 6) is 0.535. The number of rotatable bonds is 5. The van der Waals surface area contributed by atoms with E-state index in [1.165, 1.54) is 11.8 Å². The van der Waals surface area contributed by atoms with Crippen molar-refractivity contribution in [2.24, 2.45) is 0 Å². The van der Waals surface area contributed by atoms with Crippen LogP contribution in [0.15, 0.2) is 11.2 Å². The molecule has 0 radical (unpaired) electrons. The van der Waals surface area contributed by atoms with Gasteiger partial charge in [0.15, 0.2) is 5.16 Å². The van der Waals surface area contributed by atoms with Crippen molar-refractivity contribution in [1.29, 1.82) is 0 Å². The minimum absolute atomic E-state index is 0.101. The molecule has 112 valence electrons. The van der Waals surface area contributed by atoms with Crippen molar-refractivity contribution in [3.63, 3.8) is 0 Å². The molecule has 0 saturated heterocycles. The lowest BCUT2D eigenvalue weighted by atomic mass is 10.2. The van der Waals surface area contributed by atoms with Crippen LogP contribution in [-0.4, -0.2) is 38.1 Å². The van der Waals surface area contributed by atoms with E-state index < -0.39 is 0 Å². The van der Waals surface area contributed by atoms with E-state index in [9.17, 15) is 4.79 Å². The summed E-state index contributed by atoms with van der Waals surface area (Å²) in [5, 5.41) is 0.316. The highest BCUT2D eigenvalue weighted by atomic mass is 32.2. The van der Waals surface area contributed by atoms with Crippen molar-refractivity contribution in [3.05, 3.63) is 11.8 Å². The van der Waals surface area contributed by atoms with E-state index in [1.54, 1.807) is 6.07 Å². The van der Waals surface area contributed by atoms with Crippen LogP contribution < -0.4 is 5.73 Å². The second kappa shape index (κ2) is 6.92. The molecule has 2 N–H and O–H groups in total. The van der Waals surface area contributed by atoms with Gasteiger partial charge in [-0.15, -0.1) is 0 Å². The van der Waals surface area contributed by atoms with Crippen LogP contribution in [0.4, 0.5) is 5.82 Å². The first-order chi connectivity index (χ1) is 9.22. The van der Waals surface area contributed by atoms with E-state index in [2.05, 4.69) is 9.97 Å². The normalized spacial score (nSPS) is 12.8. The fourth-order valence-electron chi connectivity index (χ4n) is 2.14. The number of nitrogens with zero attached hydrogens (tertiary/aromatic N) is 3. The maximum Gasteiger partial charge on any atom is 0.236 e. The van der Waals surface area contributed by atoms with Crippen LogP contribution in [-0.2, 0) is 4.79 Å². The molecular weight excluding hydrogens is 272 g/mol. The van der Waals surface area contributed by atoms with Crippen LogP contribution in [0.1, 0.15) is 40.3 Å². The zero-order chi connectivity index (χ0) is 15.4. The minimum Gasteiger partial charge on any atom is -0.384 e. The molecule has 0 saturated carbocycles. The number of carbonyl (C=O) groups excluding carboxylic acids is 1. The third kappa shape index (κ3) is 4.37. The fourth-order valence-corrected chi connectivity index (χ4v) is 3.03. The summed E-state index contributed by atoms with van der Waals surface area (Å²) in [5.41, 5.74) is 6.52. The number of thioether (sulfide) groups is 1. The number of carbonyl (C=O) groups is 1. The molecule has 0 aromatic carbocycles. The lowest BCUT2D eigenvalue weighted by Gasteiger charge is -2.32. The molecule has 0 aliphatic heterocycles. The number of anilines is 1. The molecule has 20 heavy (non-hydrogen) atoms. The summed E-state index contributed by atoms with van der Waals surface area (Å²) in [6.07, 6.45) is 0. The van der Waals surface area contributed by atoms with Gasteiger partial charge in [-0.2, -0.15) is 0 Å². The lowest BCUT2D eigenvalue weighted by molar-refractivity contribution is -0.133. The number of hydrogen-bond donors (Lipinski definition) is 1. The minimum atomic E-state index is -0.235. The second-order valence-electron chi connectivity index (χ2n) is 5.41. The summed E-state index contributed by atoms with van der Waals surface area (Å²) < 4.78 is 0. The predicted molar refractivity (Wildman–Crippen MR) is 83.6 cm³/mol. The van der Waals surface area contributed by atoms with E-state index in [-0.39, 0.29) is 23.2 Å². The standard InChI is InChI=1S/C14H24N4OS/c1-8(2)18(9(3)4)13(19)11(6)20-14-16-10(5)7-12(15)17-14/h7-9,11H,1-6H3,(H2,15,16,17)/t11-/m1/s1. The van der Waals surface area contributed by atoms with Gasteiger partial charge >= 0.3 is 0 Å². The maximum absolute atomic E-state index is 12.5. The Hall–Kier alpha value is -1.30. The Bertz CT molecular complexity index is 448. The zero-order valence-electron chi connectivity index (χ0n) is 13.0. The zero-order valence-corrected chi connectivity index (χ0v) is 13.9. The highest BCUT2D eigenvalue weighted by Gasteiger charge is 2.26. The molecule has 1 heterocycles. The van der Waals surface area contributed by atoms with Crippen molar-refractivity contribution in [3.8, 4) is 0 Å². The molecule has 6 heteroatoms. The van der Waals surface area contributed by atoms with Crippen molar-refractivity contribution in [1.82, 2.24) is 14.9 Å². The van der Waals surface area contributed by atoms with Gasteiger partial charge in [0.1, 0.15) is 5.82 Å². The summed E-state index contributed by atoms with van der Waals surface area (Å²) >= 11 is 1.35. The Morgan fingerprint density at radius 2 is 1.75 bits per heavy atom. The van der Waals surface area contributed by atoms with Crippen LogP contribution >= 0.6 is 11.8 Å². The third-order valence-electron chi connectivity index (χ3n) is 2.85. The SMILES string of the molecule is Cc1cc(N)nc(S[C@H](C)C(=O)N(C(C)C)C(C)C)n1. The van der Waals surface area contributed by atoms with Gasteiger partial charge < -0.3 is 10.6 Å². The molecule has 0 spiro atoms. The Kier molecular flexibility index (Phi) is 5.80. The highest BCUT2D eigenvalue weighted by Crippen LogP contribution is 2.23. The van der Waals surface area contributed by atoms with E-state index >= 15 is 0 Å². The first kappa shape index (κ1) is 16.8. The number of nitrogen functional groups attached to an aromatic ring is 1. The van der Waals surface area contributed by atoms with Crippen LogP contribution in [0.3, 0.4) is 0 Å². The number of aromatic nitrogens is 2. The number of amides is 1. The molecule has 1 atom stereocenters. The smallest absolute Gasteiger partial charge is 0.236 e. The van der Waals surface area contributed by atoms with Gasteiger partial charge in [0.25, 0.3) is 0 Å². The molecule has 5 nitrogen and oxygen atoms in total. The maximum atomic E-state index is 12.5. The van der Waals surface area contributed by atoms with Gasteiger partial charge in [-0.25, -0.2) is 9.97 Å². The Labute approximate surface area is 125 Å². The van der Waals surface area contributed by atoms with Crippen molar-refractivity contribution >= 4 is 23.5 Å². The van der Waals surface area contributed by atoms with Crippen molar-refractivity contribution < 1.29 is 4.79 Å². The van der Waals surface area contributed by atoms with E-state index in [0.29, 0.717) is 11.0 Å². The van der Waals surface area contributed by atoms with Gasteiger partial charge in [0.05, 0.1) is 5.25 Å². The van der Waals surface area contributed by atoms with Crippen molar-refractivity contribution in [2.45, 2.75) is 64.0 Å². The van der Waals surface area contributed by atoms with Crippen LogP contribution in [0.25, 0.3) is 0 Å². The third-order valence-corrected chi connectivity index (χ3v) is 3.80. The Balaban J connectivity index is 2.84. The Morgan fingerprint density at radius 1 is 1.20 bits per heavy atom. The van der Waals surface area contributed by atoms with Gasteiger partial charge in [0.2, 0.25) is 5.91 Å². The van der Waals surface area contributed by atoms with Gasteiger partial charge in [-0.05, 0) is 41.5 Å². The number of aryl methyl sites for hydroxylation is 1. The molecule has 0 aliphatic rings. The first-order valence-electron chi connectivity index (χ1n) is 6.82. The van der Waals surface area contributed by atoms with Crippen LogP contribution in [0.5, 0.6) is 0 Å². The summed E-state index contributed by atoms with van der Waals surface area (Å²) in [7, 11) is 0. The largest absolute Gasteiger partial charge is 0.384 e. The Morgan fingerprint density at radius 3 is 2.20 bits per heavy atom. The molecule has 1 rings (SSSR count). The fraction of sp³-hybridized carbons (Fsp3) is 0.643. The van der Waals surface area contributed by atoms with Crippen molar-refractivity contribution in [2.75, 3.05) is 5.73 Å². The summed E-state index contributed by atoms with van der Waals surface area (Å²) in [6.45, 7) is 11.8. The molecule has 0 aliphatic carbocycles. The van der Waals surface area contributed by atoms with E-state index in [1.807, 2.05) is 46.4 Å². The van der Waals surface area contributed by atoms with Gasteiger partial charge in [-0.3, -0.25) is 4.79 Å². The quantitative estimate of drug-likeness (QED) is 0.667. The molecule has 0 unspecified atom stereocenters. The molecule has 0 fully saturated rings. The predicted octanol–water partition coefficient (Wildman–Crippen LogP) is 2.49. The molecule has 0 bridgehead atoms. The first-order valence-corrected chi connectivity index (χ1v) is 7.70. The summed E-state index contributed by atoms with van der Waals surface area (Å²) in [6, 6.07) is 2.06. The van der Waals surface area contributed by atoms with Crippen LogP contribution in [0, 0.1) is 6.92 Å². The average Bonchev–Trinajstić information content (AvgIpc) is 2.25. The second-order valence-corrected chi connectivity index (χ2v) is 6.72. The van der Waals surface area contributed by atoms with Gasteiger partial charge in [-0.1, -0.05) is 11.8 Å². The molecule has 1 aromatic rings. The monoisotopic (exact) mass is 296 g/mol. The summed E-state index contributed by atoms with van der Waals surface area (Å²) in [4.78, 5) is 22.9. The van der Waals surface area contributed by atoms with Gasteiger partial charge in [0, 0.05) is 23.8 Å². The number of nitrogens with two attached hydrogens (primary N) is 1. The highest BCUT2D eigenvalue weighted by molar-refractivity contribution is 8.00. The van der Waals surface area contributed by atoms with E-state index in [4.69, 9.17) is 5.73 Å². The van der Waals surface area contributed by atoms with Crippen LogP contribution in [0.2, 0.25) is 0 Å². The average molecular weight is 296 g/mol. The molecular formula is C14H24N4OS. The lowest BCUT2D eigenvalue weighted by Crippen LogP contribution is -2.45. The number of hydrogen-bond acceptors (Lipinski definition) is 5. The van der Waals surface area contributed by atoms with E-state index in [0.717, 1.165) is 5.69 Å². The topological polar surface area (TPSA) is 72.1 Å².